The van der Waals surface area contributed by atoms with Crippen molar-refractivity contribution in [1.29, 1.82) is 0 Å². The van der Waals surface area contributed by atoms with Gasteiger partial charge in [0.1, 0.15) is 12.4 Å². The highest BCUT2D eigenvalue weighted by Gasteiger charge is 2.03. The molecular formula is C13H9ClFNO2. The van der Waals surface area contributed by atoms with E-state index in [2.05, 4.69) is 4.98 Å². The number of carbonyl (C=O) groups excluding carboxylic acids is 1. The number of nitrogens with zero attached hydrogens (tertiary/aromatic N) is 1. The van der Waals surface area contributed by atoms with Gasteiger partial charge in [-0.3, -0.25) is 4.79 Å². The van der Waals surface area contributed by atoms with Gasteiger partial charge in [0.05, 0.1) is 0 Å². The first-order chi connectivity index (χ1) is 8.71. The van der Waals surface area contributed by atoms with Crippen molar-refractivity contribution in [3.05, 3.63) is 52.7 Å². The number of alkyl halides is 1. The molecule has 0 atom stereocenters. The summed E-state index contributed by atoms with van der Waals surface area (Å²) in [4.78, 5) is 14.4. The van der Waals surface area contributed by atoms with Gasteiger partial charge in [-0.1, -0.05) is 11.6 Å². The first-order valence-electron chi connectivity index (χ1n) is 5.16. The highest BCUT2D eigenvalue weighted by Crippen LogP contribution is 2.25. The van der Waals surface area contributed by atoms with E-state index in [1.54, 1.807) is 24.3 Å². The number of pyridine rings is 1. The minimum absolute atomic E-state index is 0.313. The molecule has 2 rings (SSSR count). The first-order valence-corrected chi connectivity index (χ1v) is 5.53. The van der Waals surface area contributed by atoms with Gasteiger partial charge in [0.25, 0.3) is 0 Å². The summed E-state index contributed by atoms with van der Waals surface area (Å²) >= 11 is 5.83. The van der Waals surface area contributed by atoms with Gasteiger partial charge in [-0.2, -0.15) is 0 Å². The third kappa shape index (κ3) is 3.05. The van der Waals surface area contributed by atoms with E-state index < -0.39 is 6.67 Å². The molecule has 0 saturated heterocycles. The smallest absolute Gasteiger partial charge is 0.219 e. The Kier molecular flexibility index (Phi) is 3.89. The Morgan fingerprint density at radius 3 is 2.78 bits per heavy atom. The van der Waals surface area contributed by atoms with Crippen LogP contribution in [0.25, 0.3) is 0 Å². The van der Waals surface area contributed by atoms with Crippen LogP contribution in [0.5, 0.6) is 11.6 Å². The topological polar surface area (TPSA) is 39.2 Å². The lowest BCUT2D eigenvalue weighted by Crippen LogP contribution is -1.90. The zero-order chi connectivity index (χ0) is 13.0. The minimum atomic E-state index is -0.617. The van der Waals surface area contributed by atoms with Crippen LogP contribution in [0, 0.1) is 0 Å². The first kappa shape index (κ1) is 12.5. The summed E-state index contributed by atoms with van der Waals surface area (Å²) in [5.74, 6) is 0.717. The Morgan fingerprint density at radius 1 is 1.33 bits per heavy atom. The highest BCUT2D eigenvalue weighted by atomic mass is 35.5. The molecule has 1 aromatic heterocycles. The SMILES string of the molecule is O=Cc1ccc(Oc2cc(Cl)cc(CF)c2)nc1. The Labute approximate surface area is 108 Å². The lowest BCUT2D eigenvalue weighted by molar-refractivity contribution is 0.112. The van der Waals surface area contributed by atoms with Gasteiger partial charge in [-0.05, 0) is 29.8 Å². The van der Waals surface area contributed by atoms with E-state index in [4.69, 9.17) is 16.3 Å². The molecule has 0 radical (unpaired) electrons. The largest absolute Gasteiger partial charge is 0.439 e. The Bertz CT molecular complexity index is 557. The molecule has 18 heavy (non-hydrogen) atoms. The molecule has 92 valence electrons. The van der Waals surface area contributed by atoms with Crippen LogP contribution in [0.4, 0.5) is 4.39 Å². The fourth-order valence-corrected chi connectivity index (χ4v) is 1.65. The van der Waals surface area contributed by atoms with Crippen molar-refractivity contribution in [2.24, 2.45) is 0 Å². The standard InChI is InChI=1S/C13H9ClFNO2/c14-11-3-10(6-15)4-12(5-11)18-13-2-1-9(8-17)7-16-13/h1-5,7-8H,6H2. The molecule has 0 aliphatic heterocycles. The third-order valence-corrected chi connectivity index (χ3v) is 2.42. The van der Waals surface area contributed by atoms with Crippen molar-refractivity contribution in [3.63, 3.8) is 0 Å². The Hall–Kier alpha value is -1.94. The summed E-state index contributed by atoms with van der Waals surface area (Å²) in [5, 5.41) is 0.393. The summed E-state index contributed by atoms with van der Waals surface area (Å²) in [6.07, 6.45) is 2.08. The Balaban J connectivity index is 2.21. The second-order valence-corrected chi connectivity index (χ2v) is 4.01. The number of hydrogen-bond donors (Lipinski definition) is 0. The number of benzene rings is 1. The number of halogens is 2. The van der Waals surface area contributed by atoms with E-state index in [1.165, 1.54) is 12.3 Å². The summed E-state index contributed by atoms with van der Waals surface area (Å²) in [6, 6.07) is 7.77. The van der Waals surface area contributed by atoms with Crippen LogP contribution in [-0.2, 0) is 6.67 Å². The zero-order valence-corrected chi connectivity index (χ0v) is 10.0. The lowest BCUT2D eigenvalue weighted by Gasteiger charge is -2.06. The predicted molar refractivity (Wildman–Crippen MR) is 66.0 cm³/mol. The highest BCUT2D eigenvalue weighted by molar-refractivity contribution is 6.30. The normalized spacial score (nSPS) is 10.1. The van der Waals surface area contributed by atoms with Gasteiger partial charge in [0.2, 0.25) is 5.88 Å². The number of carbonyl (C=O) groups is 1. The van der Waals surface area contributed by atoms with Crippen molar-refractivity contribution in [2.45, 2.75) is 6.67 Å². The van der Waals surface area contributed by atoms with Gasteiger partial charge in [-0.15, -0.1) is 0 Å². The zero-order valence-electron chi connectivity index (χ0n) is 9.27. The molecule has 0 fully saturated rings. The van der Waals surface area contributed by atoms with Crippen LogP contribution >= 0.6 is 11.6 Å². The molecule has 0 aliphatic carbocycles. The summed E-state index contributed by atoms with van der Waals surface area (Å²) in [5.41, 5.74) is 0.889. The number of ether oxygens (including phenoxy) is 1. The van der Waals surface area contributed by atoms with E-state index in [-0.39, 0.29) is 0 Å². The van der Waals surface area contributed by atoms with Crippen molar-refractivity contribution in [1.82, 2.24) is 4.98 Å². The monoisotopic (exact) mass is 265 g/mol. The van der Waals surface area contributed by atoms with E-state index in [0.717, 1.165) is 0 Å². The van der Waals surface area contributed by atoms with Crippen LogP contribution in [0.1, 0.15) is 15.9 Å². The number of rotatable bonds is 4. The maximum absolute atomic E-state index is 12.6. The molecule has 0 bridgehead atoms. The molecule has 2 aromatic rings. The van der Waals surface area contributed by atoms with Crippen LogP contribution in [0.15, 0.2) is 36.5 Å². The van der Waals surface area contributed by atoms with E-state index in [9.17, 15) is 9.18 Å². The van der Waals surface area contributed by atoms with Crippen LogP contribution in [0.3, 0.4) is 0 Å². The summed E-state index contributed by atoms with van der Waals surface area (Å²) in [6.45, 7) is -0.617. The molecule has 0 N–H and O–H groups in total. The second kappa shape index (κ2) is 5.60. The predicted octanol–water partition coefficient (Wildman–Crippen LogP) is 3.81. The van der Waals surface area contributed by atoms with E-state index >= 15 is 0 Å². The molecular weight excluding hydrogens is 257 g/mol. The van der Waals surface area contributed by atoms with Gasteiger partial charge < -0.3 is 4.74 Å². The molecule has 3 nitrogen and oxygen atoms in total. The fourth-order valence-electron chi connectivity index (χ4n) is 1.40. The molecule has 0 unspecified atom stereocenters. The maximum Gasteiger partial charge on any atom is 0.219 e. The molecule has 1 heterocycles. The number of hydrogen-bond acceptors (Lipinski definition) is 3. The molecule has 0 aliphatic rings. The van der Waals surface area contributed by atoms with Crippen LogP contribution in [-0.4, -0.2) is 11.3 Å². The van der Waals surface area contributed by atoms with Crippen LogP contribution < -0.4 is 4.74 Å². The van der Waals surface area contributed by atoms with Gasteiger partial charge in [0, 0.05) is 22.8 Å². The lowest BCUT2D eigenvalue weighted by atomic mass is 10.2. The van der Waals surface area contributed by atoms with Crippen molar-refractivity contribution >= 4 is 17.9 Å². The molecule has 0 spiro atoms. The summed E-state index contributed by atoms with van der Waals surface area (Å²) in [7, 11) is 0. The maximum atomic E-state index is 12.6. The molecule has 0 amide bonds. The Morgan fingerprint density at radius 2 is 2.17 bits per heavy atom. The molecule has 0 saturated carbocycles. The average molecular weight is 266 g/mol. The third-order valence-electron chi connectivity index (χ3n) is 2.20. The quantitative estimate of drug-likeness (QED) is 0.789. The van der Waals surface area contributed by atoms with Crippen molar-refractivity contribution in [2.75, 3.05) is 0 Å². The van der Waals surface area contributed by atoms with E-state index in [0.29, 0.717) is 34.1 Å². The molecule has 5 heteroatoms. The minimum Gasteiger partial charge on any atom is -0.439 e. The van der Waals surface area contributed by atoms with Crippen molar-refractivity contribution in [3.8, 4) is 11.6 Å². The van der Waals surface area contributed by atoms with Crippen LogP contribution in [0.2, 0.25) is 5.02 Å². The summed E-state index contributed by atoms with van der Waals surface area (Å²) < 4.78 is 18.0. The second-order valence-electron chi connectivity index (χ2n) is 3.58. The fraction of sp³-hybridized carbons (Fsp3) is 0.0769. The van der Waals surface area contributed by atoms with Gasteiger partial charge in [0.15, 0.2) is 6.29 Å². The number of aldehydes is 1. The van der Waals surface area contributed by atoms with Gasteiger partial charge in [-0.25, -0.2) is 9.37 Å². The van der Waals surface area contributed by atoms with Crippen molar-refractivity contribution < 1.29 is 13.9 Å². The molecule has 1 aromatic carbocycles. The van der Waals surface area contributed by atoms with E-state index in [1.807, 2.05) is 0 Å². The number of aromatic nitrogens is 1. The van der Waals surface area contributed by atoms with Gasteiger partial charge >= 0.3 is 0 Å². The average Bonchev–Trinajstić information content (AvgIpc) is 2.39.